The molecule has 0 aromatic carbocycles. The highest BCUT2D eigenvalue weighted by Gasteiger charge is 2.19. The fourth-order valence-corrected chi connectivity index (χ4v) is 1.60. The van der Waals surface area contributed by atoms with Crippen LogP contribution in [-0.4, -0.2) is 46.1 Å². The van der Waals surface area contributed by atoms with Crippen LogP contribution >= 0.6 is 0 Å². The summed E-state index contributed by atoms with van der Waals surface area (Å²) < 4.78 is 0. The number of urea groups is 1. The van der Waals surface area contributed by atoms with Gasteiger partial charge in [0.15, 0.2) is 0 Å². The lowest BCUT2D eigenvalue weighted by Gasteiger charge is -2.25. The first kappa shape index (κ1) is 14.9. The maximum Gasteiger partial charge on any atom is 0.323 e. The molecule has 1 heterocycles. The summed E-state index contributed by atoms with van der Waals surface area (Å²) in [5.74, 6) is -1.02. The third kappa shape index (κ3) is 5.37. The number of hydrogen-bond donors (Lipinski definition) is 2. The van der Waals surface area contributed by atoms with Crippen LogP contribution in [0, 0.1) is 0 Å². The predicted molar refractivity (Wildman–Crippen MR) is 70.8 cm³/mol. The zero-order valence-electron chi connectivity index (χ0n) is 11.2. The van der Waals surface area contributed by atoms with Crippen LogP contribution in [0.2, 0.25) is 0 Å². The number of carbonyl (C=O) groups is 2. The fraction of sp³-hybridized carbons (Fsp3) is 0.462. The van der Waals surface area contributed by atoms with E-state index in [0.717, 1.165) is 5.56 Å². The minimum Gasteiger partial charge on any atom is -0.480 e. The number of aromatic nitrogens is 1. The van der Waals surface area contributed by atoms with Gasteiger partial charge in [-0.25, -0.2) is 4.79 Å². The molecule has 0 aliphatic rings. The van der Waals surface area contributed by atoms with E-state index in [4.69, 9.17) is 5.11 Å². The number of nitrogens with one attached hydrogen (secondary N) is 1. The van der Waals surface area contributed by atoms with Crippen LogP contribution in [0.3, 0.4) is 0 Å². The Morgan fingerprint density at radius 3 is 2.53 bits per heavy atom. The van der Waals surface area contributed by atoms with Crippen LogP contribution in [0.1, 0.15) is 19.4 Å². The molecule has 2 amide bonds. The van der Waals surface area contributed by atoms with Gasteiger partial charge in [0.1, 0.15) is 6.54 Å². The fourth-order valence-electron chi connectivity index (χ4n) is 1.60. The van der Waals surface area contributed by atoms with Crippen molar-refractivity contribution in [3.05, 3.63) is 30.1 Å². The number of aliphatic carboxylic acids is 1. The van der Waals surface area contributed by atoms with Crippen LogP contribution < -0.4 is 5.32 Å². The molecule has 0 bridgehead atoms. The van der Waals surface area contributed by atoms with Gasteiger partial charge in [-0.2, -0.15) is 0 Å². The summed E-state index contributed by atoms with van der Waals surface area (Å²) in [6.45, 7) is 3.74. The lowest BCUT2D eigenvalue weighted by molar-refractivity contribution is -0.138. The summed E-state index contributed by atoms with van der Waals surface area (Å²) in [6, 6.07) is 3.25. The van der Waals surface area contributed by atoms with Gasteiger partial charge in [-0.1, -0.05) is 0 Å². The SMILES string of the molecule is CC(C)N(CC(=O)O)C(=O)NCCc1ccncc1. The van der Waals surface area contributed by atoms with Crippen molar-refractivity contribution in [2.24, 2.45) is 0 Å². The first-order valence-corrected chi connectivity index (χ1v) is 6.16. The Kier molecular flexibility index (Phi) is 5.78. The molecule has 2 N–H and O–H groups in total. The van der Waals surface area contributed by atoms with Gasteiger partial charge in [0.05, 0.1) is 0 Å². The number of nitrogens with zero attached hydrogens (tertiary/aromatic N) is 2. The molecule has 0 radical (unpaired) electrons. The van der Waals surface area contributed by atoms with Crippen molar-refractivity contribution in [3.8, 4) is 0 Å². The average molecular weight is 265 g/mol. The maximum atomic E-state index is 11.8. The lowest BCUT2D eigenvalue weighted by atomic mass is 10.2. The largest absolute Gasteiger partial charge is 0.480 e. The normalized spacial score (nSPS) is 10.3. The molecular formula is C13H19N3O3. The van der Waals surface area contributed by atoms with E-state index in [1.807, 2.05) is 12.1 Å². The van der Waals surface area contributed by atoms with Gasteiger partial charge in [-0.15, -0.1) is 0 Å². The third-order valence-electron chi connectivity index (χ3n) is 2.63. The summed E-state index contributed by atoms with van der Waals surface area (Å²) in [5, 5.41) is 11.5. The summed E-state index contributed by atoms with van der Waals surface area (Å²) in [5.41, 5.74) is 1.07. The molecule has 0 spiro atoms. The number of carboxylic acid groups (broad SMARTS) is 1. The van der Waals surface area contributed by atoms with Crippen molar-refractivity contribution in [3.63, 3.8) is 0 Å². The van der Waals surface area contributed by atoms with Crippen molar-refractivity contribution < 1.29 is 14.7 Å². The first-order chi connectivity index (χ1) is 9.00. The Labute approximate surface area is 112 Å². The van der Waals surface area contributed by atoms with E-state index >= 15 is 0 Å². The zero-order chi connectivity index (χ0) is 14.3. The third-order valence-corrected chi connectivity index (χ3v) is 2.63. The highest BCUT2D eigenvalue weighted by Crippen LogP contribution is 2.00. The van der Waals surface area contributed by atoms with E-state index in [1.54, 1.807) is 26.2 Å². The van der Waals surface area contributed by atoms with Crippen LogP contribution in [0.15, 0.2) is 24.5 Å². The van der Waals surface area contributed by atoms with E-state index in [0.29, 0.717) is 13.0 Å². The maximum absolute atomic E-state index is 11.8. The van der Waals surface area contributed by atoms with Crippen LogP contribution in [0.4, 0.5) is 4.79 Å². The van der Waals surface area contributed by atoms with Gasteiger partial charge in [-0.05, 0) is 38.0 Å². The van der Waals surface area contributed by atoms with Crippen LogP contribution in [0.5, 0.6) is 0 Å². The molecule has 0 saturated carbocycles. The molecule has 19 heavy (non-hydrogen) atoms. The van der Waals surface area contributed by atoms with Crippen molar-refractivity contribution in [1.82, 2.24) is 15.2 Å². The summed E-state index contributed by atoms with van der Waals surface area (Å²) in [7, 11) is 0. The molecular weight excluding hydrogens is 246 g/mol. The average Bonchev–Trinajstić information content (AvgIpc) is 2.36. The van der Waals surface area contributed by atoms with E-state index in [2.05, 4.69) is 10.3 Å². The van der Waals surface area contributed by atoms with Gasteiger partial charge in [0, 0.05) is 25.0 Å². The molecule has 0 unspecified atom stereocenters. The van der Waals surface area contributed by atoms with Gasteiger partial charge in [0.2, 0.25) is 0 Å². The molecule has 0 fully saturated rings. The number of amides is 2. The Balaban J connectivity index is 2.42. The van der Waals surface area contributed by atoms with Crippen molar-refractivity contribution in [2.75, 3.05) is 13.1 Å². The van der Waals surface area contributed by atoms with Gasteiger partial charge in [0.25, 0.3) is 0 Å². The topological polar surface area (TPSA) is 82.5 Å². The number of carbonyl (C=O) groups excluding carboxylic acids is 1. The summed E-state index contributed by atoms with van der Waals surface area (Å²) in [4.78, 5) is 27.7. The minimum atomic E-state index is -1.02. The number of pyridine rings is 1. The van der Waals surface area contributed by atoms with E-state index in [-0.39, 0.29) is 18.6 Å². The van der Waals surface area contributed by atoms with E-state index in [1.165, 1.54) is 4.90 Å². The highest BCUT2D eigenvalue weighted by atomic mass is 16.4. The first-order valence-electron chi connectivity index (χ1n) is 6.16. The summed E-state index contributed by atoms with van der Waals surface area (Å²) in [6.07, 6.45) is 4.08. The van der Waals surface area contributed by atoms with Gasteiger partial charge >= 0.3 is 12.0 Å². The molecule has 0 saturated heterocycles. The van der Waals surface area contributed by atoms with Crippen LogP contribution in [0.25, 0.3) is 0 Å². The van der Waals surface area contributed by atoms with Crippen molar-refractivity contribution >= 4 is 12.0 Å². The predicted octanol–water partition coefficient (Wildman–Crippen LogP) is 1.13. The number of hydrogen-bond acceptors (Lipinski definition) is 3. The number of rotatable bonds is 6. The van der Waals surface area contributed by atoms with E-state index in [9.17, 15) is 9.59 Å². The second-order valence-corrected chi connectivity index (χ2v) is 4.45. The monoisotopic (exact) mass is 265 g/mol. The Morgan fingerprint density at radius 2 is 2.00 bits per heavy atom. The molecule has 6 nitrogen and oxygen atoms in total. The molecule has 0 atom stereocenters. The van der Waals surface area contributed by atoms with Crippen molar-refractivity contribution in [2.45, 2.75) is 26.3 Å². The number of carboxylic acids is 1. The standard InChI is InChI=1S/C13H19N3O3/c1-10(2)16(9-12(17)18)13(19)15-8-5-11-3-6-14-7-4-11/h3-4,6-7,10H,5,8-9H2,1-2H3,(H,15,19)(H,17,18). The molecule has 1 aromatic rings. The lowest BCUT2D eigenvalue weighted by Crippen LogP contribution is -2.46. The molecule has 104 valence electrons. The minimum absolute atomic E-state index is 0.156. The Bertz CT molecular complexity index is 420. The Hall–Kier alpha value is -2.11. The van der Waals surface area contributed by atoms with Crippen LogP contribution in [-0.2, 0) is 11.2 Å². The summed E-state index contributed by atoms with van der Waals surface area (Å²) >= 11 is 0. The molecule has 6 heteroatoms. The van der Waals surface area contributed by atoms with E-state index < -0.39 is 5.97 Å². The molecule has 1 rings (SSSR count). The second kappa shape index (κ2) is 7.35. The molecule has 1 aromatic heterocycles. The van der Waals surface area contributed by atoms with Gasteiger partial charge < -0.3 is 15.3 Å². The smallest absolute Gasteiger partial charge is 0.323 e. The highest BCUT2D eigenvalue weighted by molar-refractivity contribution is 5.80. The second-order valence-electron chi connectivity index (χ2n) is 4.45. The van der Waals surface area contributed by atoms with Gasteiger partial charge in [-0.3, -0.25) is 9.78 Å². The zero-order valence-corrected chi connectivity index (χ0v) is 11.2. The molecule has 0 aliphatic carbocycles. The quantitative estimate of drug-likeness (QED) is 0.807. The van der Waals surface area contributed by atoms with Crippen molar-refractivity contribution in [1.29, 1.82) is 0 Å². The molecule has 0 aliphatic heterocycles. The Morgan fingerprint density at radius 1 is 1.37 bits per heavy atom.